The molecule has 0 amide bonds. The molecule has 1 N–H and O–H groups in total. The second-order valence-electron chi connectivity index (χ2n) is 5.06. The van der Waals surface area contributed by atoms with Crippen LogP contribution in [0.3, 0.4) is 0 Å². The molecular formula is C13H15BrN4O4S. The van der Waals surface area contributed by atoms with Gasteiger partial charge in [0.2, 0.25) is 5.03 Å². The molecule has 1 atom stereocenters. The minimum absolute atomic E-state index is 0.0260. The van der Waals surface area contributed by atoms with Gasteiger partial charge in [-0.3, -0.25) is 0 Å². The van der Waals surface area contributed by atoms with Gasteiger partial charge in [0, 0.05) is 13.1 Å². The molecule has 1 aromatic heterocycles. The van der Waals surface area contributed by atoms with E-state index in [1.165, 1.54) is 11.7 Å². The molecule has 2 heterocycles. The van der Waals surface area contributed by atoms with Crippen LogP contribution < -0.4 is 14.2 Å². The molecule has 10 heteroatoms. The number of aromatic nitrogens is 3. The third-order valence-electron chi connectivity index (χ3n) is 3.39. The summed E-state index contributed by atoms with van der Waals surface area (Å²) in [6, 6.07) is 4.89. The SMILES string of the molecule is C[C@H](NS(=O)(=O)c1c(Br)nnn1C)c1ccc2c(c1)OCCO2. The van der Waals surface area contributed by atoms with Crippen molar-refractivity contribution in [1.29, 1.82) is 0 Å². The Bertz CT molecular complexity index is 817. The van der Waals surface area contributed by atoms with Crippen molar-refractivity contribution in [2.75, 3.05) is 13.2 Å². The summed E-state index contributed by atoms with van der Waals surface area (Å²) in [4.78, 5) is 0. The molecule has 0 saturated carbocycles. The molecule has 3 rings (SSSR count). The van der Waals surface area contributed by atoms with Crippen molar-refractivity contribution in [2.24, 2.45) is 7.05 Å². The summed E-state index contributed by atoms with van der Waals surface area (Å²) in [5.41, 5.74) is 0.768. The zero-order valence-electron chi connectivity index (χ0n) is 12.5. The summed E-state index contributed by atoms with van der Waals surface area (Å²) in [6.07, 6.45) is 0. The molecule has 1 aromatic carbocycles. The number of fused-ring (bicyclic) bond motifs is 1. The van der Waals surface area contributed by atoms with E-state index in [9.17, 15) is 8.42 Å². The average Bonchev–Trinajstić information content (AvgIpc) is 2.86. The van der Waals surface area contributed by atoms with Crippen LogP contribution in [0.2, 0.25) is 0 Å². The van der Waals surface area contributed by atoms with E-state index < -0.39 is 16.1 Å². The van der Waals surface area contributed by atoms with Crippen LogP contribution in [0.5, 0.6) is 11.5 Å². The van der Waals surface area contributed by atoms with Crippen LogP contribution in [0, 0.1) is 0 Å². The van der Waals surface area contributed by atoms with Gasteiger partial charge in [-0.05, 0) is 40.5 Å². The van der Waals surface area contributed by atoms with Crippen molar-refractivity contribution >= 4 is 26.0 Å². The highest BCUT2D eigenvalue weighted by Gasteiger charge is 2.26. The van der Waals surface area contributed by atoms with Crippen molar-refractivity contribution < 1.29 is 17.9 Å². The Kier molecular flexibility index (Phi) is 4.30. The number of sulfonamides is 1. The van der Waals surface area contributed by atoms with Gasteiger partial charge in [0.1, 0.15) is 13.2 Å². The minimum atomic E-state index is -3.78. The quantitative estimate of drug-likeness (QED) is 0.829. The molecule has 0 aliphatic carbocycles. The van der Waals surface area contributed by atoms with E-state index in [0.29, 0.717) is 24.7 Å². The lowest BCUT2D eigenvalue weighted by atomic mass is 10.1. The van der Waals surface area contributed by atoms with Gasteiger partial charge in [-0.15, -0.1) is 5.10 Å². The monoisotopic (exact) mass is 402 g/mol. The van der Waals surface area contributed by atoms with Crippen LogP contribution >= 0.6 is 15.9 Å². The summed E-state index contributed by atoms with van der Waals surface area (Å²) in [6.45, 7) is 2.74. The highest BCUT2D eigenvalue weighted by molar-refractivity contribution is 9.10. The van der Waals surface area contributed by atoms with Gasteiger partial charge in [0.15, 0.2) is 16.1 Å². The maximum Gasteiger partial charge on any atom is 0.261 e. The van der Waals surface area contributed by atoms with Gasteiger partial charge in [0.05, 0.1) is 0 Å². The van der Waals surface area contributed by atoms with Gasteiger partial charge in [-0.25, -0.2) is 17.8 Å². The lowest BCUT2D eigenvalue weighted by Crippen LogP contribution is -2.29. The maximum absolute atomic E-state index is 12.5. The molecule has 124 valence electrons. The molecule has 8 nitrogen and oxygen atoms in total. The van der Waals surface area contributed by atoms with E-state index in [0.717, 1.165) is 5.56 Å². The van der Waals surface area contributed by atoms with Gasteiger partial charge in [-0.2, -0.15) is 0 Å². The predicted molar refractivity (Wildman–Crippen MR) is 84.9 cm³/mol. The minimum Gasteiger partial charge on any atom is -0.486 e. The molecule has 0 unspecified atom stereocenters. The fourth-order valence-electron chi connectivity index (χ4n) is 2.29. The van der Waals surface area contributed by atoms with Crippen LogP contribution in [0.4, 0.5) is 0 Å². The average molecular weight is 403 g/mol. The van der Waals surface area contributed by atoms with E-state index in [1.54, 1.807) is 25.1 Å². The number of aryl methyl sites for hydroxylation is 1. The van der Waals surface area contributed by atoms with Crippen molar-refractivity contribution in [3.63, 3.8) is 0 Å². The number of benzene rings is 1. The number of ether oxygens (including phenoxy) is 2. The van der Waals surface area contributed by atoms with Gasteiger partial charge in [0.25, 0.3) is 10.0 Å². The summed E-state index contributed by atoms with van der Waals surface area (Å²) in [7, 11) is -2.26. The number of halogens is 1. The third-order valence-corrected chi connectivity index (χ3v) is 5.82. The molecule has 0 bridgehead atoms. The molecular weight excluding hydrogens is 388 g/mol. The standard InChI is InChI=1S/C13H15BrN4O4S/c1-8(9-3-4-10-11(7-9)22-6-5-21-10)16-23(19,20)13-12(14)15-17-18(13)2/h3-4,7-8,16H,5-6H2,1-2H3/t8-/m0/s1. The van der Waals surface area contributed by atoms with Crippen LogP contribution in [-0.4, -0.2) is 36.6 Å². The largest absolute Gasteiger partial charge is 0.486 e. The molecule has 1 aliphatic heterocycles. The highest BCUT2D eigenvalue weighted by atomic mass is 79.9. The lowest BCUT2D eigenvalue weighted by molar-refractivity contribution is 0.171. The number of rotatable bonds is 4. The Morgan fingerprint density at radius 1 is 1.30 bits per heavy atom. The fourth-order valence-corrected chi connectivity index (χ4v) is 4.62. The van der Waals surface area contributed by atoms with Crippen molar-refractivity contribution in [3.8, 4) is 11.5 Å². The van der Waals surface area contributed by atoms with Crippen molar-refractivity contribution in [3.05, 3.63) is 28.4 Å². The molecule has 23 heavy (non-hydrogen) atoms. The second kappa shape index (κ2) is 6.10. The first kappa shape index (κ1) is 16.2. The van der Waals surface area contributed by atoms with Crippen molar-refractivity contribution in [2.45, 2.75) is 18.0 Å². The Balaban J connectivity index is 1.85. The van der Waals surface area contributed by atoms with E-state index >= 15 is 0 Å². The van der Waals surface area contributed by atoms with Crippen LogP contribution in [0.1, 0.15) is 18.5 Å². The van der Waals surface area contributed by atoms with E-state index in [-0.39, 0.29) is 9.63 Å². The summed E-state index contributed by atoms with van der Waals surface area (Å²) >= 11 is 3.10. The van der Waals surface area contributed by atoms with Gasteiger partial charge >= 0.3 is 0 Å². The Morgan fingerprint density at radius 2 is 2.00 bits per heavy atom. The molecule has 1 aliphatic rings. The Labute approximate surface area is 142 Å². The molecule has 0 spiro atoms. The third kappa shape index (κ3) is 3.19. The van der Waals surface area contributed by atoms with Gasteiger partial charge in [-0.1, -0.05) is 11.3 Å². The topological polar surface area (TPSA) is 95.3 Å². The van der Waals surface area contributed by atoms with E-state index in [4.69, 9.17) is 9.47 Å². The lowest BCUT2D eigenvalue weighted by Gasteiger charge is -2.21. The molecule has 0 saturated heterocycles. The second-order valence-corrected chi connectivity index (χ2v) is 7.44. The molecule has 2 aromatic rings. The smallest absolute Gasteiger partial charge is 0.261 e. The molecule has 0 radical (unpaired) electrons. The highest BCUT2D eigenvalue weighted by Crippen LogP contribution is 2.33. The van der Waals surface area contributed by atoms with Crippen LogP contribution in [-0.2, 0) is 17.1 Å². The number of nitrogens with one attached hydrogen (secondary N) is 1. The Morgan fingerprint density at radius 3 is 2.65 bits per heavy atom. The number of nitrogens with zero attached hydrogens (tertiary/aromatic N) is 3. The first-order valence-electron chi connectivity index (χ1n) is 6.85. The predicted octanol–water partition coefficient (Wildman–Crippen LogP) is 1.39. The first-order chi connectivity index (χ1) is 10.9. The van der Waals surface area contributed by atoms with Gasteiger partial charge < -0.3 is 9.47 Å². The van der Waals surface area contributed by atoms with E-state index in [2.05, 4.69) is 31.0 Å². The summed E-state index contributed by atoms with van der Waals surface area (Å²) < 4.78 is 40.0. The first-order valence-corrected chi connectivity index (χ1v) is 9.13. The maximum atomic E-state index is 12.5. The number of hydrogen-bond donors (Lipinski definition) is 1. The summed E-state index contributed by atoms with van der Waals surface area (Å²) in [5.74, 6) is 1.27. The van der Waals surface area contributed by atoms with E-state index in [1.807, 2.05) is 0 Å². The van der Waals surface area contributed by atoms with Crippen LogP contribution in [0.15, 0.2) is 27.8 Å². The molecule has 0 fully saturated rings. The zero-order valence-corrected chi connectivity index (χ0v) is 14.9. The Hall–Kier alpha value is -1.65. The zero-order chi connectivity index (χ0) is 16.6. The summed E-state index contributed by atoms with van der Waals surface area (Å²) in [5, 5.41) is 7.35. The van der Waals surface area contributed by atoms with Crippen molar-refractivity contribution in [1.82, 2.24) is 19.7 Å². The fraction of sp³-hybridized carbons (Fsp3) is 0.385. The number of hydrogen-bond acceptors (Lipinski definition) is 6. The normalized spacial score (nSPS) is 15.4. The van der Waals surface area contributed by atoms with Crippen LogP contribution in [0.25, 0.3) is 0 Å².